The van der Waals surface area contributed by atoms with Crippen LogP contribution in [0.15, 0.2) is 35.3 Å². The van der Waals surface area contributed by atoms with E-state index in [1.54, 1.807) is 7.05 Å². The minimum Gasteiger partial charge on any atom is -0.376 e. The third kappa shape index (κ3) is 8.35. The number of benzene rings is 1. The Morgan fingerprint density at radius 3 is 2.67 bits per heavy atom. The summed E-state index contributed by atoms with van der Waals surface area (Å²) in [7, 11) is 1.80. The number of nitrogens with zero attached hydrogens (tertiary/aromatic N) is 1. The molecule has 1 unspecified atom stereocenters. The zero-order valence-electron chi connectivity index (χ0n) is 13.6. The minimum absolute atomic E-state index is 0.443. The van der Waals surface area contributed by atoms with E-state index < -0.39 is 0 Å². The van der Waals surface area contributed by atoms with Crippen molar-refractivity contribution >= 4 is 5.96 Å². The van der Waals surface area contributed by atoms with Crippen LogP contribution in [0.2, 0.25) is 0 Å². The molecule has 0 fully saturated rings. The van der Waals surface area contributed by atoms with Gasteiger partial charge in [0.05, 0.1) is 13.2 Å². The van der Waals surface area contributed by atoms with Gasteiger partial charge in [0, 0.05) is 20.1 Å². The fraction of sp³-hybridized carbons (Fsp3) is 0.588. The van der Waals surface area contributed by atoms with Crippen LogP contribution < -0.4 is 10.6 Å². The Balaban J connectivity index is 2.13. The van der Waals surface area contributed by atoms with Gasteiger partial charge in [-0.25, -0.2) is 0 Å². The Bertz CT molecular complexity index is 392. The van der Waals surface area contributed by atoms with Gasteiger partial charge in [0.25, 0.3) is 0 Å². The highest BCUT2D eigenvalue weighted by atomic mass is 16.5. The van der Waals surface area contributed by atoms with E-state index in [4.69, 9.17) is 4.74 Å². The van der Waals surface area contributed by atoms with Crippen molar-refractivity contribution in [1.82, 2.24) is 10.6 Å². The minimum atomic E-state index is 0.443. The van der Waals surface area contributed by atoms with Crippen molar-refractivity contribution in [3.05, 3.63) is 35.9 Å². The molecule has 1 aromatic rings. The summed E-state index contributed by atoms with van der Waals surface area (Å²) in [6, 6.07) is 10.3. The maximum Gasteiger partial charge on any atom is 0.190 e. The van der Waals surface area contributed by atoms with E-state index in [0.717, 1.165) is 32.1 Å². The molecule has 0 aliphatic rings. The fourth-order valence-electron chi connectivity index (χ4n) is 1.89. The highest BCUT2D eigenvalue weighted by Gasteiger charge is 2.04. The zero-order chi connectivity index (χ0) is 15.3. The lowest BCUT2D eigenvalue weighted by molar-refractivity contribution is 0.0931. The molecule has 4 nitrogen and oxygen atoms in total. The highest BCUT2D eigenvalue weighted by molar-refractivity contribution is 5.79. The second-order valence-electron chi connectivity index (χ2n) is 5.34. The second-order valence-corrected chi connectivity index (χ2v) is 5.34. The van der Waals surface area contributed by atoms with E-state index in [2.05, 4.69) is 41.6 Å². The second kappa shape index (κ2) is 11.1. The standard InChI is InChI=1S/C17H29N3O/c1-4-5-11-19-17(18-3)20-12-15(2)13-21-14-16-9-7-6-8-10-16/h6-10,15H,4-5,11-14H2,1-3H3,(H2,18,19,20). The van der Waals surface area contributed by atoms with Crippen molar-refractivity contribution in [2.75, 3.05) is 26.7 Å². The topological polar surface area (TPSA) is 45.7 Å². The Hall–Kier alpha value is -1.55. The average molecular weight is 291 g/mol. The molecular weight excluding hydrogens is 262 g/mol. The van der Waals surface area contributed by atoms with E-state index >= 15 is 0 Å². The van der Waals surface area contributed by atoms with Gasteiger partial charge in [0.2, 0.25) is 0 Å². The smallest absolute Gasteiger partial charge is 0.190 e. The molecule has 118 valence electrons. The van der Waals surface area contributed by atoms with Crippen LogP contribution in [0.4, 0.5) is 0 Å². The third-order valence-electron chi connectivity index (χ3n) is 3.18. The zero-order valence-corrected chi connectivity index (χ0v) is 13.6. The van der Waals surface area contributed by atoms with E-state index in [1.807, 2.05) is 18.2 Å². The molecule has 0 aliphatic carbocycles. The highest BCUT2D eigenvalue weighted by Crippen LogP contribution is 2.02. The first-order valence-corrected chi connectivity index (χ1v) is 7.82. The van der Waals surface area contributed by atoms with E-state index in [-0.39, 0.29) is 0 Å². The first-order valence-electron chi connectivity index (χ1n) is 7.82. The Labute approximate surface area is 129 Å². The van der Waals surface area contributed by atoms with Gasteiger partial charge < -0.3 is 15.4 Å². The van der Waals surface area contributed by atoms with Crippen LogP contribution in [0.5, 0.6) is 0 Å². The van der Waals surface area contributed by atoms with Gasteiger partial charge in [-0.15, -0.1) is 0 Å². The lowest BCUT2D eigenvalue weighted by Crippen LogP contribution is -2.40. The predicted molar refractivity (Wildman–Crippen MR) is 89.5 cm³/mol. The van der Waals surface area contributed by atoms with Gasteiger partial charge >= 0.3 is 0 Å². The molecule has 1 aromatic carbocycles. The summed E-state index contributed by atoms with van der Waals surface area (Å²) in [6.07, 6.45) is 2.35. The molecule has 0 radical (unpaired) electrons. The molecule has 0 spiro atoms. The summed E-state index contributed by atoms with van der Waals surface area (Å²) in [5.41, 5.74) is 1.22. The number of guanidine groups is 1. The summed E-state index contributed by atoms with van der Waals surface area (Å²) in [4.78, 5) is 4.21. The molecule has 1 atom stereocenters. The molecule has 1 rings (SSSR count). The molecule has 4 heteroatoms. The molecule has 0 aliphatic heterocycles. The Morgan fingerprint density at radius 2 is 2.00 bits per heavy atom. The Kier molecular flexibility index (Phi) is 9.29. The van der Waals surface area contributed by atoms with Crippen LogP contribution in [-0.4, -0.2) is 32.7 Å². The SMILES string of the molecule is CCCCNC(=NC)NCC(C)COCc1ccccc1. The van der Waals surface area contributed by atoms with Crippen molar-refractivity contribution in [2.45, 2.75) is 33.3 Å². The van der Waals surface area contributed by atoms with Crippen LogP contribution in [0.25, 0.3) is 0 Å². The van der Waals surface area contributed by atoms with E-state index in [0.29, 0.717) is 12.5 Å². The van der Waals surface area contributed by atoms with Gasteiger partial charge in [-0.3, -0.25) is 4.99 Å². The molecule has 0 aromatic heterocycles. The molecule has 0 bridgehead atoms. The summed E-state index contributed by atoms with van der Waals surface area (Å²) in [6.45, 7) is 7.61. The van der Waals surface area contributed by atoms with Gasteiger partial charge in [0.1, 0.15) is 0 Å². The first kappa shape index (κ1) is 17.5. The maximum atomic E-state index is 5.75. The Morgan fingerprint density at radius 1 is 1.24 bits per heavy atom. The number of ether oxygens (including phenoxy) is 1. The van der Waals surface area contributed by atoms with Crippen molar-refractivity contribution in [2.24, 2.45) is 10.9 Å². The van der Waals surface area contributed by atoms with Crippen molar-refractivity contribution in [3.63, 3.8) is 0 Å². The monoisotopic (exact) mass is 291 g/mol. The number of aliphatic imine (C=N–C) groups is 1. The molecule has 0 saturated carbocycles. The van der Waals surface area contributed by atoms with Gasteiger partial charge in [0.15, 0.2) is 5.96 Å². The molecule has 0 heterocycles. The maximum absolute atomic E-state index is 5.75. The summed E-state index contributed by atoms with van der Waals surface area (Å²) >= 11 is 0. The van der Waals surface area contributed by atoms with Crippen molar-refractivity contribution < 1.29 is 4.74 Å². The molecule has 0 amide bonds. The van der Waals surface area contributed by atoms with E-state index in [9.17, 15) is 0 Å². The van der Waals surface area contributed by atoms with Crippen LogP contribution in [0.1, 0.15) is 32.3 Å². The van der Waals surface area contributed by atoms with Crippen LogP contribution in [-0.2, 0) is 11.3 Å². The van der Waals surface area contributed by atoms with Gasteiger partial charge in [-0.2, -0.15) is 0 Å². The number of nitrogens with one attached hydrogen (secondary N) is 2. The molecule has 21 heavy (non-hydrogen) atoms. The van der Waals surface area contributed by atoms with E-state index in [1.165, 1.54) is 12.0 Å². The summed E-state index contributed by atoms with van der Waals surface area (Å²) in [5.74, 6) is 1.32. The molecular formula is C17H29N3O. The van der Waals surface area contributed by atoms with Crippen LogP contribution >= 0.6 is 0 Å². The van der Waals surface area contributed by atoms with Crippen LogP contribution in [0.3, 0.4) is 0 Å². The van der Waals surface area contributed by atoms with Gasteiger partial charge in [-0.05, 0) is 17.9 Å². The number of rotatable bonds is 9. The third-order valence-corrected chi connectivity index (χ3v) is 3.18. The van der Waals surface area contributed by atoms with Crippen molar-refractivity contribution in [1.29, 1.82) is 0 Å². The lowest BCUT2D eigenvalue weighted by Gasteiger charge is -2.16. The largest absolute Gasteiger partial charge is 0.376 e. The van der Waals surface area contributed by atoms with Gasteiger partial charge in [-0.1, -0.05) is 50.6 Å². The van der Waals surface area contributed by atoms with Crippen molar-refractivity contribution in [3.8, 4) is 0 Å². The number of hydrogen-bond acceptors (Lipinski definition) is 2. The molecule has 0 saturated heterocycles. The summed E-state index contributed by atoms with van der Waals surface area (Å²) in [5, 5.41) is 6.64. The number of hydrogen-bond donors (Lipinski definition) is 2. The quantitative estimate of drug-likeness (QED) is 0.418. The predicted octanol–water partition coefficient (Wildman–Crippen LogP) is 2.80. The van der Waals surface area contributed by atoms with Crippen LogP contribution in [0, 0.1) is 5.92 Å². The number of unbranched alkanes of at least 4 members (excludes halogenated alkanes) is 1. The summed E-state index contributed by atoms with van der Waals surface area (Å²) < 4.78 is 5.75. The first-order chi connectivity index (χ1) is 10.3. The average Bonchev–Trinajstić information content (AvgIpc) is 2.52. The lowest BCUT2D eigenvalue weighted by atomic mass is 10.2. The normalized spacial score (nSPS) is 13.0. The fourth-order valence-corrected chi connectivity index (χ4v) is 1.89. The molecule has 2 N–H and O–H groups in total.